The summed E-state index contributed by atoms with van der Waals surface area (Å²) in [7, 11) is 0. The van der Waals surface area contributed by atoms with Crippen LogP contribution in [0.1, 0.15) is 28.1 Å². The molecule has 2 aliphatic rings. The van der Waals surface area contributed by atoms with Gasteiger partial charge in [-0.1, -0.05) is 0 Å². The zero-order valence-corrected chi connectivity index (χ0v) is 11.8. The molecule has 0 radical (unpaired) electrons. The van der Waals surface area contributed by atoms with Crippen molar-refractivity contribution in [3.05, 3.63) is 10.4 Å². The van der Waals surface area contributed by atoms with E-state index in [9.17, 15) is 10.1 Å². The van der Waals surface area contributed by atoms with Crippen LogP contribution in [0.4, 0.5) is 10.7 Å². The van der Waals surface area contributed by atoms with Crippen LogP contribution in [0.25, 0.3) is 0 Å². The van der Waals surface area contributed by atoms with E-state index in [-0.39, 0.29) is 11.9 Å². The van der Waals surface area contributed by atoms with Gasteiger partial charge in [-0.3, -0.25) is 4.79 Å². The van der Waals surface area contributed by atoms with Gasteiger partial charge in [0.2, 0.25) is 0 Å². The number of nitrogens with two attached hydrogens (primary N) is 1. The van der Waals surface area contributed by atoms with Crippen molar-refractivity contribution >= 4 is 27.9 Å². The minimum atomic E-state index is -0.161. The highest BCUT2D eigenvalue weighted by atomic mass is 32.1. The monoisotopic (exact) mass is 292 g/mol. The third kappa shape index (κ3) is 2.44. The minimum Gasteiger partial charge on any atom is -0.396 e. The van der Waals surface area contributed by atoms with Crippen molar-refractivity contribution in [2.24, 2.45) is 0 Å². The van der Waals surface area contributed by atoms with Gasteiger partial charge >= 0.3 is 0 Å². The number of morpholine rings is 1. The summed E-state index contributed by atoms with van der Waals surface area (Å²) < 4.78 is 5.31. The number of rotatable bonds is 3. The van der Waals surface area contributed by atoms with Crippen LogP contribution in [0, 0.1) is 11.3 Å². The molecule has 0 spiro atoms. The van der Waals surface area contributed by atoms with E-state index in [1.54, 1.807) is 0 Å². The number of thiophene rings is 1. The fourth-order valence-electron chi connectivity index (χ4n) is 2.18. The molecule has 3 N–H and O–H groups in total. The summed E-state index contributed by atoms with van der Waals surface area (Å²) in [6, 6.07) is 2.41. The largest absolute Gasteiger partial charge is 0.396 e. The van der Waals surface area contributed by atoms with Crippen molar-refractivity contribution in [3.8, 4) is 6.07 Å². The van der Waals surface area contributed by atoms with Crippen molar-refractivity contribution in [3.63, 3.8) is 0 Å². The summed E-state index contributed by atoms with van der Waals surface area (Å²) in [5, 5.41) is 13.0. The van der Waals surface area contributed by atoms with Gasteiger partial charge in [-0.25, -0.2) is 0 Å². The predicted octanol–water partition coefficient (Wildman–Crippen LogP) is 0.931. The summed E-state index contributed by atoms with van der Waals surface area (Å²) >= 11 is 1.31. The van der Waals surface area contributed by atoms with Crippen LogP contribution in [0.5, 0.6) is 0 Å². The highest BCUT2D eigenvalue weighted by Gasteiger charge is 2.29. The highest BCUT2D eigenvalue weighted by Crippen LogP contribution is 2.38. The van der Waals surface area contributed by atoms with E-state index in [2.05, 4.69) is 16.3 Å². The molecule has 2 fully saturated rings. The predicted molar refractivity (Wildman–Crippen MR) is 77.0 cm³/mol. The molecule has 1 aliphatic heterocycles. The van der Waals surface area contributed by atoms with Crippen LogP contribution >= 0.6 is 11.3 Å². The van der Waals surface area contributed by atoms with Gasteiger partial charge in [0, 0.05) is 19.1 Å². The normalized spacial score (nSPS) is 18.6. The van der Waals surface area contributed by atoms with Gasteiger partial charge in [-0.2, -0.15) is 5.26 Å². The zero-order chi connectivity index (χ0) is 14.1. The fraction of sp³-hybridized carbons (Fsp3) is 0.538. The molecule has 6 nitrogen and oxygen atoms in total. The summed E-state index contributed by atoms with van der Waals surface area (Å²) in [4.78, 5) is 14.7. The first kappa shape index (κ1) is 13.2. The van der Waals surface area contributed by atoms with Crippen LogP contribution in [-0.4, -0.2) is 38.3 Å². The second kappa shape index (κ2) is 5.31. The lowest BCUT2D eigenvalue weighted by molar-refractivity contribution is 0.0956. The Morgan fingerprint density at radius 3 is 2.75 bits per heavy atom. The number of anilines is 2. The molecule has 0 atom stereocenters. The summed E-state index contributed by atoms with van der Waals surface area (Å²) in [6.45, 7) is 2.70. The number of ether oxygens (including phenoxy) is 1. The van der Waals surface area contributed by atoms with Crippen LogP contribution in [0.15, 0.2) is 0 Å². The number of carbonyl (C=O) groups is 1. The van der Waals surface area contributed by atoms with Crippen LogP contribution in [0.2, 0.25) is 0 Å². The number of carbonyl (C=O) groups excluding carboxylic acids is 1. The molecule has 1 aromatic heterocycles. The van der Waals surface area contributed by atoms with Gasteiger partial charge < -0.3 is 20.7 Å². The molecule has 1 saturated heterocycles. The average Bonchev–Trinajstić information content (AvgIpc) is 3.21. The summed E-state index contributed by atoms with van der Waals surface area (Å²) in [6.07, 6.45) is 2.05. The van der Waals surface area contributed by atoms with Crippen molar-refractivity contribution in [1.82, 2.24) is 5.32 Å². The molecule has 1 amide bonds. The average molecular weight is 292 g/mol. The second-order valence-corrected chi connectivity index (χ2v) is 5.98. The van der Waals surface area contributed by atoms with Crippen molar-refractivity contribution in [2.75, 3.05) is 36.9 Å². The number of nitrogens with one attached hydrogen (secondary N) is 1. The number of hydrogen-bond acceptors (Lipinski definition) is 6. The Kier molecular flexibility index (Phi) is 3.51. The first-order valence-electron chi connectivity index (χ1n) is 6.66. The molecule has 2 heterocycles. The van der Waals surface area contributed by atoms with Crippen molar-refractivity contribution in [1.29, 1.82) is 5.26 Å². The number of nitrogen functional groups attached to an aromatic ring is 1. The maximum Gasteiger partial charge on any atom is 0.263 e. The maximum absolute atomic E-state index is 12.1. The van der Waals surface area contributed by atoms with Crippen molar-refractivity contribution < 1.29 is 9.53 Å². The highest BCUT2D eigenvalue weighted by molar-refractivity contribution is 7.19. The molecule has 3 rings (SSSR count). The molecule has 7 heteroatoms. The topological polar surface area (TPSA) is 91.4 Å². The Bertz CT molecular complexity index is 568. The third-order valence-corrected chi connectivity index (χ3v) is 4.72. The van der Waals surface area contributed by atoms with Crippen LogP contribution < -0.4 is 16.0 Å². The van der Waals surface area contributed by atoms with Gasteiger partial charge in [-0.05, 0) is 12.8 Å². The lowest BCUT2D eigenvalue weighted by atomic mass is 10.2. The van der Waals surface area contributed by atoms with E-state index >= 15 is 0 Å². The molecule has 0 bridgehead atoms. The molecular weight excluding hydrogens is 276 g/mol. The van der Waals surface area contributed by atoms with E-state index in [0.29, 0.717) is 29.3 Å². The quantitative estimate of drug-likeness (QED) is 0.865. The van der Waals surface area contributed by atoms with Gasteiger partial charge in [0.1, 0.15) is 21.5 Å². The molecule has 1 aromatic rings. The molecule has 0 aromatic carbocycles. The van der Waals surface area contributed by atoms with Gasteiger partial charge in [0.25, 0.3) is 5.91 Å². The number of nitriles is 1. The van der Waals surface area contributed by atoms with E-state index in [1.807, 2.05) is 0 Å². The smallest absolute Gasteiger partial charge is 0.263 e. The molecule has 20 heavy (non-hydrogen) atoms. The van der Waals surface area contributed by atoms with E-state index in [1.165, 1.54) is 11.3 Å². The SMILES string of the molecule is N#Cc1c(N2CCOCC2)sc(C(=O)NC2CC2)c1N. The summed E-state index contributed by atoms with van der Waals surface area (Å²) in [5.74, 6) is -0.161. The molecule has 1 saturated carbocycles. The van der Waals surface area contributed by atoms with E-state index < -0.39 is 0 Å². The Morgan fingerprint density at radius 2 is 2.15 bits per heavy atom. The van der Waals surface area contributed by atoms with Gasteiger partial charge in [-0.15, -0.1) is 11.3 Å². The number of nitrogens with zero attached hydrogens (tertiary/aromatic N) is 2. The maximum atomic E-state index is 12.1. The van der Waals surface area contributed by atoms with Crippen LogP contribution in [-0.2, 0) is 4.74 Å². The Hall–Kier alpha value is -1.78. The second-order valence-electron chi connectivity index (χ2n) is 4.98. The molecule has 0 unspecified atom stereocenters. The zero-order valence-electron chi connectivity index (χ0n) is 11.0. The first-order chi connectivity index (χ1) is 9.70. The Balaban J connectivity index is 1.89. The van der Waals surface area contributed by atoms with Crippen LogP contribution in [0.3, 0.4) is 0 Å². The lowest BCUT2D eigenvalue weighted by Gasteiger charge is -2.27. The van der Waals surface area contributed by atoms with Crippen molar-refractivity contribution in [2.45, 2.75) is 18.9 Å². The fourth-order valence-corrected chi connectivity index (χ4v) is 3.30. The number of hydrogen-bond donors (Lipinski definition) is 2. The lowest BCUT2D eigenvalue weighted by Crippen LogP contribution is -2.36. The standard InChI is InChI=1S/C13H16N4O2S/c14-7-9-10(15)11(12(18)16-8-1-2-8)20-13(9)17-3-5-19-6-4-17/h8H,1-6,15H2,(H,16,18). The number of amides is 1. The summed E-state index contributed by atoms with van der Waals surface area (Å²) in [5.41, 5.74) is 6.71. The minimum absolute atomic E-state index is 0.161. The molecule has 1 aliphatic carbocycles. The molecule has 106 valence electrons. The van der Waals surface area contributed by atoms with Gasteiger partial charge in [0.15, 0.2) is 0 Å². The van der Waals surface area contributed by atoms with E-state index in [0.717, 1.165) is 30.9 Å². The van der Waals surface area contributed by atoms with E-state index in [4.69, 9.17) is 10.5 Å². The van der Waals surface area contributed by atoms with Gasteiger partial charge in [0.05, 0.1) is 18.9 Å². The third-order valence-electron chi connectivity index (χ3n) is 3.46. The first-order valence-corrected chi connectivity index (χ1v) is 7.48. The molecular formula is C13H16N4O2S. The Morgan fingerprint density at radius 1 is 1.45 bits per heavy atom. The Labute approximate surface area is 121 Å².